The second kappa shape index (κ2) is 12.9. The zero-order chi connectivity index (χ0) is 15.2. The van der Waals surface area contributed by atoms with E-state index in [1.165, 1.54) is 51.4 Å². The van der Waals surface area contributed by atoms with Crippen LogP contribution in [0.5, 0.6) is 0 Å². The third-order valence-corrected chi connectivity index (χ3v) is 4.16. The SMILES string of the molecule is C=CCCCCCCCCCCCC(=O)N1CCOCC1. The summed E-state index contributed by atoms with van der Waals surface area (Å²) in [5, 5.41) is 0. The first-order chi connectivity index (χ1) is 10.3. The van der Waals surface area contributed by atoms with E-state index in [2.05, 4.69) is 6.58 Å². The number of ether oxygens (including phenoxy) is 1. The summed E-state index contributed by atoms with van der Waals surface area (Å²) in [6, 6.07) is 0. The third kappa shape index (κ3) is 9.67. The molecule has 0 aromatic rings. The van der Waals surface area contributed by atoms with E-state index in [4.69, 9.17) is 4.74 Å². The van der Waals surface area contributed by atoms with Crippen molar-refractivity contribution in [3.05, 3.63) is 12.7 Å². The van der Waals surface area contributed by atoms with E-state index >= 15 is 0 Å². The molecule has 0 spiro atoms. The van der Waals surface area contributed by atoms with Crippen LogP contribution in [0.3, 0.4) is 0 Å². The second-order valence-corrected chi connectivity index (χ2v) is 6.00. The maximum absolute atomic E-state index is 11.9. The first-order valence-electron chi connectivity index (χ1n) is 8.81. The van der Waals surface area contributed by atoms with Crippen LogP contribution >= 0.6 is 0 Å². The highest BCUT2D eigenvalue weighted by Gasteiger charge is 2.15. The van der Waals surface area contributed by atoms with Gasteiger partial charge in [-0.2, -0.15) is 0 Å². The Bertz CT molecular complexity index is 272. The second-order valence-electron chi connectivity index (χ2n) is 6.00. The van der Waals surface area contributed by atoms with Crippen molar-refractivity contribution in [2.45, 2.75) is 70.6 Å². The fraction of sp³-hybridized carbons (Fsp3) is 0.833. The molecule has 1 amide bonds. The molecule has 0 saturated carbocycles. The van der Waals surface area contributed by atoms with Crippen LogP contribution in [0.25, 0.3) is 0 Å². The van der Waals surface area contributed by atoms with Gasteiger partial charge in [0.25, 0.3) is 0 Å². The lowest BCUT2D eigenvalue weighted by molar-refractivity contribution is -0.135. The van der Waals surface area contributed by atoms with Crippen LogP contribution in [0, 0.1) is 0 Å². The molecular weight excluding hydrogens is 262 g/mol. The largest absolute Gasteiger partial charge is 0.378 e. The van der Waals surface area contributed by atoms with E-state index in [0.29, 0.717) is 19.1 Å². The van der Waals surface area contributed by atoms with Gasteiger partial charge in [-0.15, -0.1) is 6.58 Å². The van der Waals surface area contributed by atoms with Gasteiger partial charge in [-0.3, -0.25) is 4.79 Å². The highest BCUT2D eigenvalue weighted by molar-refractivity contribution is 5.76. The fourth-order valence-electron chi connectivity index (χ4n) is 2.77. The van der Waals surface area contributed by atoms with Crippen molar-refractivity contribution in [3.8, 4) is 0 Å². The van der Waals surface area contributed by atoms with Gasteiger partial charge in [0.15, 0.2) is 0 Å². The summed E-state index contributed by atoms with van der Waals surface area (Å²) in [4.78, 5) is 13.9. The predicted molar refractivity (Wildman–Crippen MR) is 88.4 cm³/mol. The number of hydrogen-bond acceptors (Lipinski definition) is 2. The summed E-state index contributed by atoms with van der Waals surface area (Å²) in [7, 11) is 0. The number of morpholine rings is 1. The van der Waals surface area contributed by atoms with Crippen molar-refractivity contribution in [1.29, 1.82) is 0 Å². The average Bonchev–Trinajstić information content (AvgIpc) is 2.53. The number of carbonyl (C=O) groups is 1. The highest BCUT2D eigenvalue weighted by atomic mass is 16.5. The average molecular weight is 295 g/mol. The molecule has 0 aliphatic carbocycles. The van der Waals surface area contributed by atoms with Crippen LogP contribution < -0.4 is 0 Å². The maximum atomic E-state index is 11.9. The summed E-state index contributed by atoms with van der Waals surface area (Å²) in [6.45, 7) is 6.72. The topological polar surface area (TPSA) is 29.5 Å². The molecule has 122 valence electrons. The number of amides is 1. The molecule has 0 N–H and O–H groups in total. The molecule has 0 radical (unpaired) electrons. The smallest absolute Gasteiger partial charge is 0.222 e. The third-order valence-electron chi connectivity index (χ3n) is 4.16. The molecule has 1 rings (SSSR count). The summed E-state index contributed by atoms with van der Waals surface area (Å²) >= 11 is 0. The zero-order valence-electron chi connectivity index (χ0n) is 13.7. The Hall–Kier alpha value is -0.830. The Balaban J connectivity index is 1.81. The van der Waals surface area contributed by atoms with Gasteiger partial charge in [0.1, 0.15) is 0 Å². The summed E-state index contributed by atoms with van der Waals surface area (Å²) < 4.78 is 5.26. The molecule has 0 unspecified atom stereocenters. The molecule has 1 saturated heterocycles. The minimum absolute atomic E-state index is 0.320. The van der Waals surface area contributed by atoms with Crippen molar-refractivity contribution in [3.63, 3.8) is 0 Å². The molecule has 1 fully saturated rings. The minimum Gasteiger partial charge on any atom is -0.378 e. The zero-order valence-corrected chi connectivity index (χ0v) is 13.7. The summed E-state index contributed by atoms with van der Waals surface area (Å²) in [5.74, 6) is 0.320. The molecule has 1 aliphatic rings. The first kappa shape index (κ1) is 18.2. The van der Waals surface area contributed by atoms with Crippen LogP contribution in [0.15, 0.2) is 12.7 Å². The number of allylic oxidation sites excluding steroid dienone is 1. The number of nitrogens with zero attached hydrogens (tertiary/aromatic N) is 1. The lowest BCUT2D eigenvalue weighted by Crippen LogP contribution is -2.40. The standard InChI is InChI=1S/C18H33NO2/c1-2-3-4-5-6-7-8-9-10-11-12-13-18(20)19-14-16-21-17-15-19/h2H,1,3-17H2. The van der Waals surface area contributed by atoms with Crippen LogP contribution in [0.4, 0.5) is 0 Å². The molecule has 3 heteroatoms. The van der Waals surface area contributed by atoms with Crippen LogP contribution in [-0.2, 0) is 9.53 Å². The molecule has 21 heavy (non-hydrogen) atoms. The van der Waals surface area contributed by atoms with Gasteiger partial charge in [-0.05, 0) is 19.3 Å². The van der Waals surface area contributed by atoms with E-state index in [9.17, 15) is 4.79 Å². The van der Waals surface area contributed by atoms with E-state index < -0.39 is 0 Å². The maximum Gasteiger partial charge on any atom is 0.222 e. The fourth-order valence-corrected chi connectivity index (χ4v) is 2.77. The first-order valence-corrected chi connectivity index (χ1v) is 8.81. The lowest BCUT2D eigenvalue weighted by atomic mass is 10.1. The Labute approximate surface area is 130 Å². The molecule has 3 nitrogen and oxygen atoms in total. The van der Waals surface area contributed by atoms with Crippen molar-refractivity contribution in [1.82, 2.24) is 4.90 Å². The van der Waals surface area contributed by atoms with Crippen LogP contribution in [0.2, 0.25) is 0 Å². The van der Waals surface area contributed by atoms with Gasteiger partial charge < -0.3 is 9.64 Å². The van der Waals surface area contributed by atoms with Crippen molar-refractivity contribution in [2.24, 2.45) is 0 Å². The summed E-state index contributed by atoms with van der Waals surface area (Å²) in [5.41, 5.74) is 0. The summed E-state index contributed by atoms with van der Waals surface area (Å²) in [6.07, 6.45) is 15.5. The highest BCUT2D eigenvalue weighted by Crippen LogP contribution is 2.12. The Morgan fingerprint density at radius 2 is 1.43 bits per heavy atom. The molecule has 0 aromatic heterocycles. The van der Waals surface area contributed by atoms with E-state index in [1.807, 2.05) is 11.0 Å². The van der Waals surface area contributed by atoms with Gasteiger partial charge in [0.05, 0.1) is 13.2 Å². The number of rotatable bonds is 12. The normalized spacial score (nSPS) is 15.1. The van der Waals surface area contributed by atoms with Gasteiger partial charge in [-0.1, -0.05) is 51.0 Å². The van der Waals surface area contributed by atoms with Gasteiger partial charge >= 0.3 is 0 Å². The number of carbonyl (C=O) groups excluding carboxylic acids is 1. The van der Waals surface area contributed by atoms with Gasteiger partial charge in [0, 0.05) is 19.5 Å². The van der Waals surface area contributed by atoms with Crippen molar-refractivity contribution >= 4 is 5.91 Å². The van der Waals surface area contributed by atoms with Crippen LogP contribution in [0.1, 0.15) is 70.6 Å². The molecule has 1 aliphatic heterocycles. The number of unbranched alkanes of at least 4 members (excludes halogenated alkanes) is 9. The Kier molecular flexibility index (Phi) is 11.2. The van der Waals surface area contributed by atoms with Gasteiger partial charge in [0.2, 0.25) is 5.91 Å². The van der Waals surface area contributed by atoms with E-state index in [1.54, 1.807) is 0 Å². The van der Waals surface area contributed by atoms with Crippen molar-refractivity contribution in [2.75, 3.05) is 26.3 Å². The number of hydrogen-bond donors (Lipinski definition) is 0. The Morgan fingerprint density at radius 3 is 2.00 bits per heavy atom. The Morgan fingerprint density at radius 1 is 0.905 bits per heavy atom. The molecule has 0 aromatic carbocycles. The van der Waals surface area contributed by atoms with E-state index in [0.717, 1.165) is 32.4 Å². The van der Waals surface area contributed by atoms with Crippen LogP contribution in [-0.4, -0.2) is 37.1 Å². The van der Waals surface area contributed by atoms with Crippen molar-refractivity contribution < 1.29 is 9.53 Å². The lowest BCUT2D eigenvalue weighted by Gasteiger charge is -2.26. The monoisotopic (exact) mass is 295 g/mol. The molecule has 0 bridgehead atoms. The van der Waals surface area contributed by atoms with Gasteiger partial charge in [-0.25, -0.2) is 0 Å². The van der Waals surface area contributed by atoms with E-state index in [-0.39, 0.29) is 0 Å². The molecule has 1 heterocycles. The molecule has 0 atom stereocenters. The quantitative estimate of drug-likeness (QED) is 0.396. The predicted octanol–water partition coefficient (Wildman–Crippen LogP) is 4.32. The minimum atomic E-state index is 0.320. The molecular formula is C18H33NO2.